The van der Waals surface area contributed by atoms with Crippen molar-refractivity contribution >= 4 is 6.09 Å². The molecule has 0 spiro atoms. The van der Waals surface area contributed by atoms with Gasteiger partial charge < -0.3 is 4.74 Å². The summed E-state index contributed by atoms with van der Waals surface area (Å²) in [7, 11) is 0. The third kappa shape index (κ3) is 7.16. The summed E-state index contributed by atoms with van der Waals surface area (Å²) in [5, 5.41) is 3.56. The molecule has 0 aliphatic rings. The number of hydrogen-bond donors (Lipinski definition) is 0. The lowest BCUT2D eigenvalue weighted by molar-refractivity contribution is 0.140. The standard InChI is InChI=1S/C8H16NO2/c1-4-9-8(10)11-6-5-7(2)3/h7H,4-6H2,1-3H3. The van der Waals surface area contributed by atoms with Gasteiger partial charge in [-0.1, -0.05) is 13.8 Å². The zero-order valence-electron chi connectivity index (χ0n) is 7.46. The molecule has 0 aromatic rings. The van der Waals surface area contributed by atoms with Crippen LogP contribution in [0.3, 0.4) is 0 Å². The summed E-state index contributed by atoms with van der Waals surface area (Å²) in [5.41, 5.74) is 0. The van der Waals surface area contributed by atoms with Crippen molar-refractivity contribution in [3.63, 3.8) is 0 Å². The predicted molar refractivity (Wildman–Crippen MR) is 43.5 cm³/mol. The van der Waals surface area contributed by atoms with Gasteiger partial charge in [0, 0.05) is 6.54 Å². The van der Waals surface area contributed by atoms with E-state index in [-0.39, 0.29) is 0 Å². The Balaban J connectivity index is 3.17. The molecule has 0 unspecified atom stereocenters. The van der Waals surface area contributed by atoms with Crippen LogP contribution in [0.2, 0.25) is 0 Å². The molecule has 0 saturated carbocycles. The first-order valence-electron chi connectivity index (χ1n) is 4.01. The minimum Gasteiger partial charge on any atom is -0.448 e. The van der Waals surface area contributed by atoms with E-state index < -0.39 is 6.09 Å². The highest BCUT2D eigenvalue weighted by Crippen LogP contribution is 1.98. The fourth-order valence-electron chi connectivity index (χ4n) is 0.557. The van der Waals surface area contributed by atoms with Crippen LogP contribution < -0.4 is 5.32 Å². The van der Waals surface area contributed by atoms with Crippen LogP contribution in [-0.4, -0.2) is 19.2 Å². The van der Waals surface area contributed by atoms with Gasteiger partial charge in [0.15, 0.2) is 0 Å². The molecule has 0 N–H and O–H groups in total. The summed E-state index contributed by atoms with van der Waals surface area (Å²) in [6, 6.07) is 0. The smallest absolute Gasteiger partial charge is 0.428 e. The Morgan fingerprint density at radius 3 is 2.64 bits per heavy atom. The maximum absolute atomic E-state index is 10.6. The number of nitrogens with zero attached hydrogens (tertiary/aromatic N) is 1. The molecule has 3 nitrogen and oxygen atoms in total. The number of ether oxygens (including phenoxy) is 1. The van der Waals surface area contributed by atoms with Crippen LogP contribution in [0.1, 0.15) is 27.2 Å². The molecule has 0 atom stereocenters. The Kier molecular flexibility index (Phi) is 5.61. The van der Waals surface area contributed by atoms with Crippen LogP contribution in [0.4, 0.5) is 4.79 Å². The monoisotopic (exact) mass is 158 g/mol. The maximum Gasteiger partial charge on any atom is 0.428 e. The first-order valence-corrected chi connectivity index (χ1v) is 4.01. The Labute approximate surface area is 68.1 Å². The van der Waals surface area contributed by atoms with Crippen LogP contribution in [0.25, 0.3) is 0 Å². The molecule has 0 saturated heterocycles. The highest BCUT2D eigenvalue weighted by atomic mass is 16.5. The first kappa shape index (κ1) is 10.3. The van der Waals surface area contributed by atoms with Gasteiger partial charge in [0.2, 0.25) is 0 Å². The zero-order chi connectivity index (χ0) is 8.69. The van der Waals surface area contributed by atoms with E-state index in [2.05, 4.69) is 19.2 Å². The van der Waals surface area contributed by atoms with Crippen LogP contribution in [0.5, 0.6) is 0 Å². The summed E-state index contributed by atoms with van der Waals surface area (Å²) < 4.78 is 4.79. The lowest BCUT2D eigenvalue weighted by Crippen LogP contribution is -2.17. The fourth-order valence-corrected chi connectivity index (χ4v) is 0.557. The maximum atomic E-state index is 10.6. The molecule has 0 heterocycles. The molecule has 1 amide bonds. The van der Waals surface area contributed by atoms with Crippen molar-refractivity contribution in [1.29, 1.82) is 0 Å². The Bertz CT molecular complexity index is 113. The van der Waals surface area contributed by atoms with Gasteiger partial charge in [-0.2, -0.15) is 0 Å². The van der Waals surface area contributed by atoms with Crippen molar-refractivity contribution in [2.75, 3.05) is 13.2 Å². The van der Waals surface area contributed by atoms with Gasteiger partial charge in [0.05, 0.1) is 6.61 Å². The number of carbonyl (C=O) groups excluding carboxylic acids is 1. The molecule has 11 heavy (non-hydrogen) atoms. The fraction of sp³-hybridized carbons (Fsp3) is 0.875. The Morgan fingerprint density at radius 2 is 2.18 bits per heavy atom. The van der Waals surface area contributed by atoms with Gasteiger partial charge in [-0.15, -0.1) is 0 Å². The molecule has 0 fully saturated rings. The van der Waals surface area contributed by atoms with E-state index in [0.29, 0.717) is 19.1 Å². The Hall–Kier alpha value is -0.730. The third-order valence-electron chi connectivity index (χ3n) is 1.21. The van der Waals surface area contributed by atoms with E-state index >= 15 is 0 Å². The highest BCUT2D eigenvalue weighted by molar-refractivity contribution is 5.66. The molecule has 0 aliphatic carbocycles. The van der Waals surface area contributed by atoms with Crippen LogP contribution in [0.15, 0.2) is 0 Å². The second kappa shape index (κ2) is 6.01. The molecular formula is C8H16NO2. The second-order valence-corrected chi connectivity index (χ2v) is 2.77. The van der Waals surface area contributed by atoms with Crippen molar-refractivity contribution in [1.82, 2.24) is 5.32 Å². The van der Waals surface area contributed by atoms with Gasteiger partial charge in [-0.05, 0) is 19.3 Å². The first-order chi connectivity index (χ1) is 5.16. The average molecular weight is 158 g/mol. The summed E-state index contributed by atoms with van der Waals surface area (Å²) in [4.78, 5) is 10.6. The molecule has 1 radical (unpaired) electrons. The minimum atomic E-state index is -0.437. The van der Waals surface area contributed by atoms with E-state index in [4.69, 9.17) is 4.74 Å². The molecule has 0 aromatic carbocycles. The third-order valence-corrected chi connectivity index (χ3v) is 1.21. The SMILES string of the molecule is CC[N]C(=O)OCCC(C)C. The number of carbonyl (C=O) groups is 1. The van der Waals surface area contributed by atoms with Gasteiger partial charge >= 0.3 is 6.09 Å². The van der Waals surface area contributed by atoms with Gasteiger partial charge in [-0.25, -0.2) is 10.1 Å². The van der Waals surface area contributed by atoms with Crippen molar-refractivity contribution in [3.05, 3.63) is 0 Å². The molecular weight excluding hydrogens is 142 g/mol. The zero-order valence-corrected chi connectivity index (χ0v) is 7.46. The molecule has 0 bridgehead atoms. The highest BCUT2D eigenvalue weighted by Gasteiger charge is 2.01. The van der Waals surface area contributed by atoms with Crippen LogP contribution in [-0.2, 0) is 4.74 Å². The number of hydrogen-bond acceptors (Lipinski definition) is 2. The van der Waals surface area contributed by atoms with Gasteiger partial charge in [0.25, 0.3) is 0 Å². The van der Waals surface area contributed by atoms with Crippen molar-refractivity contribution in [2.24, 2.45) is 5.92 Å². The molecule has 3 heteroatoms. The molecule has 0 aromatic heterocycles. The van der Waals surface area contributed by atoms with Crippen LogP contribution in [0, 0.1) is 5.92 Å². The molecule has 0 aliphatic heterocycles. The summed E-state index contributed by atoms with van der Waals surface area (Å²) in [6.07, 6.45) is 0.471. The van der Waals surface area contributed by atoms with E-state index in [0.717, 1.165) is 6.42 Å². The van der Waals surface area contributed by atoms with Gasteiger partial charge in [-0.3, -0.25) is 0 Å². The normalized spacial score (nSPS) is 9.82. The van der Waals surface area contributed by atoms with E-state index in [1.54, 1.807) is 0 Å². The quantitative estimate of drug-likeness (QED) is 0.625. The summed E-state index contributed by atoms with van der Waals surface area (Å²) in [5.74, 6) is 0.574. The van der Waals surface area contributed by atoms with Crippen molar-refractivity contribution in [2.45, 2.75) is 27.2 Å². The minimum absolute atomic E-state index is 0.437. The van der Waals surface area contributed by atoms with Gasteiger partial charge in [0.1, 0.15) is 0 Å². The van der Waals surface area contributed by atoms with E-state index in [9.17, 15) is 4.79 Å². The van der Waals surface area contributed by atoms with E-state index in [1.807, 2.05) is 6.92 Å². The number of rotatable bonds is 4. The van der Waals surface area contributed by atoms with Crippen LogP contribution >= 0.6 is 0 Å². The van der Waals surface area contributed by atoms with Crippen molar-refractivity contribution in [3.8, 4) is 0 Å². The molecule has 65 valence electrons. The average Bonchev–Trinajstić information content (AvgIpc) is 1.87. The Morgan fingerprint density at radius 1 is 1.55 bits per heavy atom. The largest absolute Gasteiger partial charge is 0.448 e. The number of amides is 1. The lowest BCUT2D eigenvalue weighted by Gasteiger charge is -2.04. The summed E-state index contributed by atoms with van der Waals surface area (Å²) in [6.45, 7) is 6.97. The lowest BCUT2D eigenvalue weighted by atomic mass is 10.1. The molecule has 0 rings (SSSR count). The topological polar surface area (TPSA) is 40.4 Å². The van der Waals surface area contributed by atoms with Crippen molar-refractivity contribution < 1.29 is 9.53 Å². The van der Waals surface area contributed by atoms with E-state index in [1.165, 1.54) is 0 Å². The summed E-state index contributed by atoms with van der Waals surface area (Å²) >= 11 is 0. The predicted octanol–water partition coefficient (Wildman–Crippen LogP) is 1.79. The second-order valence-electron chi connectivity index (χ2n) is 2.77.